The van der Waals surface area contributed by atoms with Crippen LogP contribution in [0.5, 0.6) is 0 Å². The molecule has 0 aliphatic carbocycles. The van der Waals surface area contributed by atoms with Crippen molar-refractivity contribution in [1.29, 1.82) is 0 Å². The zero-order chi connectivity index (χ0) is 16.1. The van der Waals surface area contributed by atoms with Crippen LogP contribution in [0.2, 0.25) is 0 Å². The normalized spacial score (nSPS) is 13.4. The van der Waals surface area contributed by atoms with Crippen LogP contribution in [0, 0.1) is 6.92 Å². The maximum Gasteiger partial charge on any atom is -0.0169 e. The summed E-state index contributed by atoms with van der Waals surface area (Å²) in [7, 11) is 0. The van der Waals surface area contributed by atoms with E-state index in [1.54, 1.807) is 0 Å². The summed E-state index contributed by atoms with van der Waals surface area (Å²) in [6.45, 7) is 5.97. The molecule has 1 radical (unpaired) electrons. The lowest BCUT2D eigenvalue weighted by Crippen LogP contribution is -1.65. The van der Waals surface area contributed by atoms with Gasteiger partial charge in [0, 0.05) is 0 Å². The smallest absolute Gasteiger partial charge is 0.0169 e. The summed E-state index contributed by atoms with van der Waals surface area (Å²) < 4.78 is 0. The van der Waals surface area contributed by atoms with Gasteiger partial charge in [0.2, 0.25) is 0 Å². The highest BCUT2D eigenvalue weighted by Crippen LogP contribution is 1.97. The number of rotatable bonds is 13. The molecule has 0 aromatic heterocycles. The molecule has 0 fully saturated rings. The average Bonchev–Trinajstić information content (AvgIpc) is 2.54. The standard InChI is InChI=1S/C22H33/c1-3-5-7-9-11-13-15-17-19-21-22-20-18-16-14-12-10-8-6-4-2/h5,7-8,10-11,13-14,16-17,19-20,22H,1,3-4,6,9,12,15,18,21H2,2H3/b7-5+,10-8+,13-11+,16-14+,19-17+,22-20+. The summed E-state index contributed by atoms with van der Waals surface area (Å²) in [5, 5.41) is 0. The zero-order valence-corrected chi connectivity index (χ0v) is 14.3. The van der Waals surface area contributed by atoms with E-state index in [2.05, 4.69) is 86.8 Å². The molecule has 0 aromatic carbocycles. The van der Waals surface area contributed by atoms with E-state index in [0.717, 1.165) is 38.5 Å². The zero-order valence-electron chi connectivity index (χ0n) is 14.3. The molecule has 0 nitrogen and oxygen atoms in total. The lowest BCUT2D eigenvalue weighted by atomic mass is 10.2. The molecule has 0 aliphatic heterocycles. The SMILES string of the molecule is [CH2]C/C=C/C/C=C/C/C=C/C/C=C/C/C=C/C/C=C/CCC. The third kappa shape index (κ3) is 18.4. The molecule has 0 aromatic rings. The van der Waals surface area contributed by atoms with E-state index < -0.39 is 0 Å². The number of unbranched alkanes of at least 4 members (excludes halogenated alkanes) is 1. The molecule has 22 heavy (non-hydrogen) atoms. The monoisotopic (exact) mass is 297 g/mol. The topological polar surface area (TPSA) is 0 Å². The van der Waals surface area contributed by atoms with E-state index in [1.165, 1.54) is 12.8 Å². The molecule has 0 rings (SSSR count). The highest BCUT2D eigenvalue weighted by molar-refractivity contribution is 5.01. The van der Waals surface area contributed by atoms with Crippen molar-refractivity contribution in [3.63, 3.8) is 0 Å². The third-order valence-electron chi connectivity index (χ3n) is 2.98. The molecule has 0 amide bonds. The predicted molar refractivity (Wildman–Crippen MR) is 103 cm³/mol. The maximum absolute atomic E-state index is 3.76. The van der Waals surface area contributed by atoms with Crippen LogP contribution in [-0.2, 0) is 0 Å². The van der Waals surface area contributed by atoms with Crippen LogP contribution in [0.4, 0.5) is 0 Å². The Hall–Kier alpha value is -1.56. The molecular weight excluding hydrogens is 264 g/mol. The second kappa shape index (κ2) is 19.4. The van der Waals surface area contributed by atoms with Gasteiger partial charge in [-0.2, -0.15) is 0 Å². The van der Waals surface area contributed by atoms with Crippen molar-refractivity contribution in [2.24, 2.45) is 0 Å². The van der Waals surface area contributed by atoms with Crippen LogP contribution in [0.3, 0.4) is 0 Å². The van der Waals surface area contributed by atoms with E-state index >= 15 is 0 Å². The molecule has 0 saturated carbocycles. The Bertz CT molecular complexity index is 375. The number of allylic oxidation sites excluding steroid dienone is 12. The Morgan fingerprint density at radius 2 is 0.818 bits per heavy atom. The molecule has 0 atom stereocenters. The molecule has 121 valence electrons. The Balaban J connectivity index is 3.48. The molecule has 0 spiro atoms. The minimum atomic E-state index is 0.880. The van der Waals surface area contributed by atoms with Gasteiger partial charge in [-0.15, -0.1) is 0 Å². The van der Waals surface area contributed by atoms with E-state index in [-0.39, 0.29) is 0 Å². The van der Waals surface area contributed by atoms with E-state index in [9.17, 15) is 0 Å². The quantitative estimate of drug-likeness (QED) is 0.313. The highest BCUT2D eigenvalue weighted by atomic mass is 13.8. The summed E-state index contributed by atoms with van der Waals surface area (Å²) in [6.07, 6.45) is 35.0. The second-order valence-corrected chi connectivity index (χ2v) is 5.08. The number of hydrogen-bond donors (Lipinski definition) is 0. The highest BCUT2D eigenvalue weighted by Gasteiger charge is 1.76. The molecule has 0 saturated heterocycles. The largest absolute Gasteiger partial charge is 0.0882 e. The molecule has 0 N–H and O–H groups in total. The van der Waals surface area contributed by atoms with Gasteiger partial charge in [0.15, 0.2) is 0 Å². The van der Waals surface area contributed by atoms with Gasteiger partial charge >= 0.3 is 0 Å². The van der Waals surface area contributed by atoms with Crippen LogP contribution < -0.4 is 0 Å². The van der Waals surface area contributed by atoms with Crippen molar-refractivity contribution in [3.8, 4) is 0 Å². The van der Waals surface area contributed by atoms with Crippen LogP contribution in [0.15, 0.2) is 72.9 Å². The molecule has 0 heteroatoms. The van der Waals surface area contributed by atoms with Crippen molar-refractivity contribution in [2.45, 2.75) is 58.3 Å². The van der Waals surface area contributed by atoms with Gasteiger partial charge in [0.1, 0.15) is 0 Å². The van der Waals surface area contributed by atoms with Crippen molar-refractivity contribution in [2.75, 3.05) is 0 Å². The van der Waals surface area contributed by atoms with Gasteiger partial charge < -0.3 is 0 Å². The van der Waals surface area contributed by atoms with Crippen molar-refractivity contribution in [1.82, 2.24) is 0 Å². The Labute approximate surface area is 138 Å². The molecule has 0 bridgehead atoms. The fourth-order valence-corrected chi connectivity index (χ4v) is 1.76. The van der Waals surface area contributed by atoms with Gasteiger partial charge in [0.05, 0.1) is 0 Å². The summed E-state index contributed by atoms with van der Waals surface area (Å²) in [5.41, 5.74) is 0. The maximum atomic E-state index is 3.76. The van der Waals surface area contributed by atoms with Crippen LogP contribution in [-0.4, -0.2) is 0 Å². The lowest BCUT2D eigenvalue weighted by molar-refractivity contribution is 0.954. The summed E-state index contributed by atoms with van der Waals surface area (Å²) in [5.74, 6) is 0. The Morgan fingerprint density at radius 1 is 0.500 bits per heavy atom. The van der Waals surface area contributed by atoms with Gasteiger partial charge in [-0.1, -0.05) is 86.3 Å². The first kappa shape index (κ1) is 20.4. The van der Waals surface area contributed by atoms with Crippen molar-refractivity contribution >= 4 is 0 Å². The number of hydrogen-bond acceptors (Lipinski definition) is 0. The van der Waals surface area contributed by atoms with Gasteiger partial charge in [-0.3, -0.25) is 0 Å². The minimum Gasteiger partial charge on any atom is -0.0882 e. The Kier molecular flexibility index (Phi) is 18.1. The van der Waals surface area contributed by atoms with Gasteiger partial charge in [-0.05, 0) is 51.9 Å². The molecule has 0 heterocycles. The fraction of sp³-hybridized carbons (Fsp3) is 0.409. The fourth-order valence-electron chi connectivity index (χ4n) is 1.76. The van der Waals surface area contributed by atoms with Crippen LogP contribution in [0.25, 0.3) is 0 Å². The molecule has 0 unspecified atom stereocenters. The molecule has 0 aliphatic rings. The Morgan fingerprint density at radius 3 is 1.14 bits per heavy atom. The van der Waals surface area contributed by atoms with E-state index in [4.69, 9.17) is 0 Å². The predicted octanol–water partition coefficient (Wildman–Crippen LogP) is 7.30. The minimum absolute atomic E-state index is 0.880. The second-order valence-electron chi connectivity index (χ2n) is 5.08. The van der Waals surface area contributed by atoms with E-state index in [1.807, 2.05) is 0 Å². The van der Waals surface area contributed by atoms with Crippen LogP contribution >= 0.6 is 0 Å². The van der Waals surface area contributed by atoms with Crippen LogP contribution in [0.1, 0.15) is 58.3 Å². The van der Waals surface area contributed by atoms with Crippen molar-refractivity contribution < 1.29 is 0 Å². The van der Waals surface area contributed by atoms with E-state index in [0.29, 0.717) is 0 Å². The summed E-state index contributed by atoms with van der Waals surface area (Å²) in [4.78, 5) is 0. The third-order valence-corrected chi connectivity index (χ3v) is 2.98. The molecular formula is C22H33. The lowest BCUT2D eigenvalue weighted by Gasteiger charge is -1.86. The summed E-state index contributed by atoms with van der Waals surface area (Å²) >= 11 is 0. The van der Waals surface area contributed by atoms with Gasteiger partial charge in [-0.25, -0.2) is 0 Å². The first-order valence-electron chi connectivity index (χ1n) is 8.61. The van der Waals surface area contributed by atoms with Crippen molar-refractivity contribution in [3.05, 3.63) is 79.8 Å². The first-order valence-corrected chi connectivity index (χ1v) is 8.61. The summed E-state index contributed by atoms with van der Waals surface area (Å²) in [6, 6.07) is 0. The first-order chi connectivity index (χ1) is 10.9. The van der Waals surface area contributed by atoms with Gasteiger partial charge in [0.25, 0.3) is 0 Å². The average molecular weight is 298 g/mol.